The summed E-state index contributed by atoms with van der Waals surface area (Å²) in [5, 5.41) is 11.5. The Balaban J connectivity index is 2.18. The predicted octanol–water partition coefficient (Wildman–Crippen LogP) is 4.33. The highest BCUT2D eigenvalue weighted by atomic mass is 15.3. The van der Waals surface area contributed by atoms with Gasteiger partial charge in [-0.15, -0.1) is 0 Å². The van der Waals surface area contributed by atoms with Crippen molar-refractivity contribution in [2.75, 3.05) is 30.3 Å². The van der Waals surface area contributed by atoms with Crippen LogP contribution in [0, 0.1) is 0 Å². The lowest BCUT2D eigenvalue weighted by molar-refractivity contribution is 0.661. The SMILES string of the molecule is C=C/C(=C\C)CNc1cc(NCCCCCCN)nc2c(C(C)C)cnn12. The summed E-state index contributed by atoms with van der Waals surface area (Å²) < 4.78 is 1.89. The first-order valence-corrected chi connectivity index (χ1v) is 9.94. The largest absolute Gasteiger partial charge is 0.370 e. The van der Waals surface area contributed by atoms with Crippen LogP contribution in [0.1, 0.15) is 57.9 Å². The van der Waals surface area contributed by atoms with Crippen molar-refractivity contribution in [1.29, 1.82) is 0 Å². The van der Waals surface area contributed by atoms with E-state index in [9.17, 15) is 0 Å². The van der Waals surface area contributed by atoms with Gasteiger partial charge in [0, 0.05) is 24.7 Å². The first-order valence-electron chi connectivity index (χ1n) is 9.94. The summed E-state index contributed by atoms with van der Waals surface area (Å²) in [7, 11) is 0. The van der Waals surface area contributed by atoms with Crippen LogP contribution >= 0.6 is 0 Å². The monoisotopic (exact) mass is 370 g/mol. The van der Waals surface area contributed by atoms with Crippen molar-refractivity contribution in [2.45, 2.75) is 52.4 Å². The van der Waals surface area contributed by atoms with E-state index < -0.39 is 0 Å². The summed E-state index contributed by atoms with van der Waals surface area (Å²) in [6.45, 7) is 12.6. The fourth-order valence-corrected chi connectivity index (χ4v) is 2.93. The number of hydrogen-bond acceptors (Lipinski definition) is 5. The molecule has 2 rings (SSSR count). The molecule has 6 nitrogen and oxygen atoms in total. The minimum atomic E-state index is 0.369. The number of nitrogens with zero attached hydrogens (tertiary/aromatic N) is 3. The van der Waals surface area contributed by atoms with Crippen LogP contribution in [0.5, 0.6) is 0 Å². The van der Waals surface area contributed by atoms with Crippen LogP contribution in [-0.2, 0) is 0 Å². The van der Waals surface area contributed by atoms with Crippen LogP contribution in [-0.4, -0.2) is 34.2 Å². The van der Waals surface area contributed by atoms with Gasteiger partial charge in [0.25, 0.3) is 0 Å². The number of fused-ring (bicyclic) bond motifs is 1. The van der Waals surface area contributed by atoms with Gasteiger partial charge in [-0.1, -0.05) is 45.4 Å². The first-order chi connectivity index (χ1) is 13.1. The van der Waals surface area contributed by atoms with Crippen LogP contribution in [0.4, 0.5) is 11.6 Å². The van der Waals surface area contributed by atoms with Crippen molar-refractivity contribution in [2.24, 2.45) is 5.73 Å². The summed E-state index contributed by atoms with van der Waals surface area (Å²) in [6.07, 6.45) is 10.4. The molecule has 6 heteroatoms. The number of hydrogen-bond donors (Lipinski definition) is 3. The van der Waals surface area contributed by atoms with Crippen molar-refractivity contribution in [1.82, 2.24) is 14.6 Å². The van der Waals surface area contributed by atoms with Gasteiger partial charge >= 0.3 is 0 Å². The third kappa shape index (κ3) is 5.82. The Kier molecular flexibility index (Phi) is 8.33. The number of rotatable bonds is 12. The molecule has 0 bridgehead atoms. The van der Waals surface area contributed by atoms with Crippen LogP contribution in [0.2, 0.25) is 0 Å². The highest BCUT2D eigenvalue weighted by Gasteiger charge is 2.14. The molecule has 148 valence electrons. The lowest BCUT2D eigenvalue weighted by Crippen LogP contribution is -2.11. The van der Waals surface area contributed by atoms with Crippen LogP contribution < -0.4 is 16.4 Å². The standard InChI is InChI=1S/C21H34N6/c1-5-17(6-2)14-24-20-13-19(23-12-10-8-7-9-11-22)26-21-18(16(3)4)15-25-27(20)21/h5-6,13,15-16,24H,1,7-12,14,22H2,2-4H3,(H,23,26)/b17-6+. The number of anilines is 2. The van der Waals surface area contributed by atoms with E-state index in [1.165, 1.54) is 12.8 Å². The van der Waals surface area contributed by atoms with Crippen LogP contribution in [0.3, 0.4) is 0 Å². The van der Waals surface area contributed by atoms with E-state index in [0.717, 1.165) is 54.4 Å². The van der Waals surface area contributed by atoms with Crippen molar-refractivity contribution in [3.8, 4) is 0 Å². The normalized spacial score (nSPS) is 12.0. The molecule has 2 aromatic heterocycles. The Morgan fingerprint density at radius 2 is 2.04 bits per heavy atom. The zero-order chi connectivity index (χ0) is 19.6. The Bertz CT molecular complexity index is 759. The third-order valence-corrected chi connectivity index (χ3v) is 4.66. The molecule has 4 N–H and O–H groups in total. The minimum Gasteiger partial charge on any atom is -0.370 e. The van der Waals surface area contributed by atoms with E-state index in [0.29, 0.717) is 12.5 Å². The molecular formula is C21H34N6. The third-order valence-electron chi connectivity index (χ3n) is 4.66. The molecule has 0 aliphatic rings. The molecule has 0 saturated heterocycles. The average molecular weight is 371 g/mol. The molecule has 27 heavy (non-hydrogen) atoms. The molecule has 0 amide bonds. The van der Waals surface area contributed by atoms with Gasteiger partial charge in [-0.3, -0.25) is 0 Å². The number of nitrogens with one attached hydrogen (secondary N) is 2. The molecule has 0 saturated carbocycles. The van der Waals surface area contributed by atoms with Gasteiger partial charge in [-0.2, -0.15) is 9.61 Å². The maximum atomic E-state index is 5.55. The zero-order valence-corrected chi connectivity index (χ0v) is 17.0. The van der Waals surface area contributed by atoms with Crippen molar-refractivity contribution in [3.63, 3.8) is 0 Å². The number of aromatic nitrogens is 3. The van der Waals surface area contributed by atoms with Gasteiger partial charge in [0.15, 0.2) is 5.65 Å². The summed E-state index contributed by atoms with van der Waals surface area (Å²) in [5.41, 5.74) is 8.75. The van der Waals surface area contributed by atoms with E-state index in [-0.39, 0.29) is 0 Å². The van der Waals surface area contributed by atoms with Gasteiger partial charge in [0.1, 0.15) is 11.6 Å². The lowest BCUT2D eigenvalue weighted by Gasteiger charge is -2.13. The molecule has 0 aliphatic heterocycles. The van der Waals surface area contributed by atoms with Crippen molar-refractivity contribution in [3.05, 3.63) is 42.1 Å². The Morgan fingerprint density at radius 1 is 1.26 bits per heavy atom. The van der Waals surface area contributed by atoms with Crippen molar-refractivity contribution >= 4 is 17.3 Å². The van der Waals surface area contributed by atoms with Gasteiger partial charge < -0.3 is 16.4 Å². The molecule has 0 fully saturated rings. The van der Waals surface area contributed by atoms with Crippen molar-refractivity contribution < 1.29 is 0 Å². The fraction of sp³-hybridized carbons (Fsp3) is 0.524. The molecule has 0 radical (unpaired) electrons. The average Bonchev–Trinajstić information content (AvgIpc) is 3.09. The minimum absolute atomic E-state index is 0.369. The number of allylic oxidation sites excluding steroid dienone is 1. The lowest BCUT2D eigenvalue weighted by atomic mass is 10.1. The molecule has 2 aromatic rings. The van der Waals surface area contributed by atoms with Gasteiger partial charge in [0.05, 0.1) is 6.20 Å². The Hall–Kier alpha value is -2.34. The first kappa shape index (κ1) is 21.0. The summed E-state index contributed by atoms with van der Waals surface area (Å²) >= 11 is 0. The van der Waals surface area contributed by atoms with E-state index in [1.54, 1.807) is 0 Å². The molecule has 0 atom stereocenters. The molecule has 0 unspecified atom stereocenters. The summed E-state index contributed by atoms with van der Waals surface area (Å²) in [4.78, 5) is 4.81. The van der Waals surface area contributed by atoms with Gasteiger partial charge in [-0.05, 0) is 37.8 Å². The topological polar surface area (TPSA) is 80.3 Å². The fourth-order valence-electron chi connectivity index (χ4n) is 2.93. The van der Waals surface area contributed by atoms with Crippen LogP contribution in [0.25, 0.3) is 5.65 Å². The summed E-state index contributed by atoms with van der Waals surface area (Å²) in [6, 6.07) is 2.03. The molecule has 0 aromatic carbocycles. The second-order valence-electron chi connectivity index (χ2n) is 7.07. The Morgan fingerprint density at radius 3 is 2.70 bits per heavy atom. The van der Waals surface area contributed by atoms with E-state index in [4.69, 9.17) is 10.7 Å². The maximum absolute atomic E-state index is 5.55. The van der Waals surface area contributed by atoms with E-state index >= 15 is 0 Å². The number of unbranched alkanes of at least 4 members (excludes halogenated alkanes) is 3. The maximum Gasteiger partial charge on any atom is 0.163 e. The van der Waals surface area contributed by atoms with Gasteiger partial charge in [0.2, 0.25) is 0 Å². The van der Waals surface area contributed by atoms with Crippen LogP contribution in [0.15, 0.2) is 36.6 Å². The number of nitrogens with two attached hydrogens (primary N) is 1. The zero-order valence-electron chi connectivity index (χ0n) is 17.0. The summed E-state index contributed by atoms with van der Waals surface area (Å²) in [5.74, 6) is 2.18. The van der Waals surface area contributed by atoms with E-state index in [1.807, 2.05) is 29.8 Å². The van der Waals surface area contributed by atoms with Gasteiger partial charge in [-0.25, -0.2) is 4.98 Å². The molecule has 0 spiro atoms. The Labute approximate surface area is 162 Å². The molecule has 2 heterocycles. The molecular weight excluding hydrogens is 336 g/mol. The molecule has 0 aliphatic carbocycles. The second kappa shape index (κ2) is 10.7. The smallest absolute Gasteiger partial charge is 0.163 e. The highest BCUT2D eigenvalue weighted by Crippen LogP contribution is 2.24. The van der Waals surface area contributed by atoms with E-state index in [2.05, 4.69) is 42.2 Å². The quantitative estimate of drug-likeness (QED) is 0.383. The predicted molar refractivity (Wildman–Crippen MR) is 116 cm³/mol. The second-order valence-corrected chi connectivity index (χ2v) is 7.07. The highest BCUT2D eigenvalue weighted by molar-refractivity contribution is 5.61.